The van der Waals surface area contributed by atoms with Crippen molar-refractivity contribution in [3.05, 3.63) is 29.1 Å². The van der Waals surface area contributed by atoms with Crippen LogP contribution in [0.2, 0.25) is 0 Å². The number of hydrogen-bond donors (Lipinski definition) is 1. The molecule has 0 amide bonds. The van der Waals surface area contributed by atoms with Gasteiger partial charge in [0.15, 0.2) is 0 Å². The van der Waals surface area contributed by atoms with Crippen molar-refractivity contribution in [2.75, 3.05) is 5.73 Å². The third kappa shape index (κ3) is 2.51. The molecule has 2 aromatic heterocycles. The number of anilines is 1. The van der Waals surface area contributed by atoms with Gasteiger partial charge in [0.25, 0.3) is 0 Å². The van der Waals surface area contributed by atoms with Crippen LogP contribution < -0.4 is 5.73 Å². The number of aromatic nitrogens is 3. The molecule has 0 aliphatic rings. The van der Waals surface area contributed by atoms with Gasteiger partial charge >= 0.3 is 0 Å². The van der Waals surface area contributed by atoms with E-state index in [1.54, 1.807) is 11.8 Å². The number of nitrogens with zero attached hydrogens (tertiary/aromatic N) is 3. The van der Waals surface area contributed by atoms with E-state index in [0.29, 0.717) is 0 Å². The zero-order valence-corrected chi connectivity index (χ0v) is 12.0. The molecule has 5 heteroatoms. The van der Waals surface area contributed by atoms with Gasteiger partial charge in [0.2, 0.25) is 0 Å². The SMILES string of the molecule is CCc1nn(C)c(Sc2cc(C)cc(C)n2)c1N. The molecule has 0 atom stereocenters. The summed E-state index contributed by atoms with van der Waals surface area (Å²) in [5, 5.41) is 6.34. The molecule has 0 bridgehead atoms. The maximum atomic E-state index is 6.11. The molecule has 0 aromatic carbocycles. The van der Waals surface area contributed by atoms with Gasteiger partial charge in [0.05, 0.1) is 11.4 Å². The predicted octanol–water partition coefficient (Wildman–Crippen LogP) is 2.73. The second-order valence-corrected chi connectivity index (χ2v) is 5.38. The lowest BCUT2D eigenvalue weighted by Crippen LogP contribution is -1.95. The predicted molar refractivity (Wildman–Crippen MR) is 74.8 cm³/mol. The van der Waals surface area contributed by atoms with Crippen molar-refractivity contribution in [3.8, 4) is 0 Å². The van der Waals surface area contributed by atoms with Gasteiger partial charge in [-0.3, -0.25) is 4.68 Å². The fourth-order valence-corrected chi connectivity index (χ4v) is 2.95. The highest BCUT2D eigenvalue weighted by Crippen LogP contribution is 2.33. The van der Waals surface area contributed by atoms with Gasteiger partial charge < -0.3 is 5.73 Å². The molecular weight excluding hydrogens is 244 g/mol. The Morgan fingerprint density at radius 2 is 2.06 bits per heavy atom. The van der Waals surface area contributed by atoms with Crippen LogP contribution in [0.1, 0.15) is 23.9 Å². The summed E-state index contributed by atoms with van der Waals surface area (Å²) in [7, 11) is 1.92. The lowest BCUT2D eigenvalue weighted by Gasteiger charge is -2.05. The fraction of sp³-hybridized carbons (Fsp3) is 0.385. The van der Waals surface area contributed by atoms with Crippen LogP contribution in [0, 0.1) is 13.8 Å². The minimum absolute atomic E-state index is 0.769. The quantitative estimate of drug-likeness (QED) is 0.924. The van der Waals surface area contributed by atoms with E-state index in [2.05, 4.69) is 36.1 Å². The molecule has 0 spiro atoms. The molecule has 2 rings (SSSR count). The summed E-state index contributed by atoms with van der Waals surface area (Å²) in [6, 6.07) is 4.13. The van der Waals surface area contributed by atoms with Gasteiger partial charge in [-0.2, -0.15) is 5.10 Å². The number of aryl methyl sites for hydroxylation is 4. The van der Waals surface area contributed by atoms with Crippen LogP contribution in [-0.2, 0) is 13.5 Å². The highest BCUT2D eigenvalue weighted by atomic mass is 32.2. The van der Waals surface area contributed by atoms with Crippen molar-refractivity contribution in [2.24, 2.45) is 7.05 Å². The molecule has 2 N–H and O–H groups in total. The standard InChI is InChI=1S/C13H18N4S/c1-5-10-12(14)13(17(4)16-10)18-11-7-8(2)6-9(3)15-11/h6-7H,5,14H2,1-4H3. The lowest BCUT2D eigenvalue weighted by atomic mass is 10.3. The van der Waals surface area contributed by atoms with Gasteiger partial charge in [-0.05, 0) is 49.7 Å². The first kappa shape index (κ1) is 13.0. The first-order valence-electron chi connectivity index (χ1n) is 5.95. The highest BCUT2D eigenvalue weighted by molar-refractivity contribution is 7.99. The normalized spacial score (nSPS) is 10.9. The van der Waals surface area contributed by atoms with Gasteiger partial charge in [-0.1, -0.05) is 6.92 Å². The van der Waals surface area contributed by atoms with Crippen molar-refractivity contribution in [2.45, 2.75) is 37.2 Å². The van der Waals surface area contributed by atoms with Crippen LogP contribution >= 0.6 is 11.8 Å². The first-order valence-corrected chi connectivity index (χ1v) is 6.77. The van der Waals surface area contributed by atoms with Crippen molar-refractivity contribution in [1.29, 1.82) is 0 Å². The van der Waals surface area contributed by atoms with Gasteiger partial charge in [0.1, 0.15) is 10.1 Å². The van der Waals surface area contributed by atoms with E-state index in [1.165, 1.54) is 5.56 Å². The van der Waals surface area contributed by atoms with Crippen LogP contribution in [0.3, 0.4) is 0 Å². The maximum absolute atomic E-state index is 6.11. The van der Waals surface area contributed by atoms with Crippen molar-refractivity contribution in [1.82, 2.24) is 14.8 Å². The molecule has 0 aliphatic carbocycles. The van der Waals surface area contributed by atoms with Crippen LogP contribution in [0.15, 0.2) is 22.2 Å². The summed E-state index contributed by atoms with van der Waals surface area (Å²) in [6.45, 7) is 6.13. The second-order valence-electron chi connectivity index (χ2n) is 4.37. The Balaban J connectivity index is 2.36. The number of nitrogens with two attached hydrogens (primary N) is 1. The third-order valence-corrected chi connectivity index (χ3v) is 3.81. The van der Waals surface area contributed by atoms with Gasteiger partial charge in [-0.15, -0.1) is 0 Å². The molecular formula is C13H18N4S. The molecule has 0 saturated carbocycles. The zero-order chi connectivity index (χ0) is 13.3. The molecule has 0 saturated heterocycles. The van der Waals surface area contributed by atoms with Crippen LogP contribution in [0.25, 0.3) is 0 Å². The van der Waals surface area contributed by atoms with Gasteiger partial charge in [-0.25, -0.2) is 4.98 Å². The van der Waals surface area contributed by atoms with E-state index >= 15 is 0 Å². The largest absolute Gasteiger partial charge is 0.395 e. The number of pyridine rings is 1. The van der Waals surface area contributed by atoms with E-state index in [1.807, 2.05) is 18.7 Å². The van der Waals surface area contributed by atoms with Crippen LogP contribution in [-0.4, -0.2) is 14.8 Å². The molecule has 18 heavy (non-hydrogen) atoms. The van der Waals surface area contributed by atoms with Crippen molar-refractivity contribution in [3.63, 3.8) is 0 Å². The van der Waals surface area contributed by atoms with Crippen molar-refractivity contribution < 1.29 is 0 Å². The molecule has 2 heterocycles. The van der Waals surface area contributed by atoms with Crippen molar-refractivity contribution >= 4 is 17.4 Å². The monoisotopic (exact) mass is 262 g/mol. The summed E-state index contributed by atoms with van der Waals surface area (Å²) in [6.07, 6.45) is 0.848. The molecule has 2 aromatic rings. The lowest BCUT2D eigenvalue weighted by molar-refractivity contribution is 0.687. The minimum Gasteiger partial charge on any atom is -0.395 e. The Bertz CT molecular complexity index is 554. The topological polar surface area (TPSA) is 56.7 Å². The smallest absolute Gasteiger partial charge is 0.123 e. The number of rotatable bonds is 3. The third-order valence-electron chi connectivity index (χ3n) is 2.72. The highest BCUT2D eigenvalue weighted by Gasteiger charge is 2.14. The average molecular weight is 262 g/mol. The Hall–Kier alpha value is -1.49. The second kappa shape index (κ2) is 5.02. The molecule has 0 unspecified atom stereocenters. The molecule has 4 nitrogen and oxygen atoms in total. The van der Waals surface area contributed by atoms with Gasteiger partial charge in [0, 0.05) is 12.7 Å². The molecule has 96 valence electrons. The molecule has 0 radical (unpaired) electrons. The van der Waals surface area contributed by atoms with Crippen LogP contribution in [0.5, 0.6) is 0 Å². The number of nitrogen functional groups attached to an aromatic ring is 1. The summed E-state index contributed by atoms with van der Waals surface area (Å²) in [5.41, 5.74) is 10.1. The van der Waals surface area contributed by atoms with E-state index in [-0.39, 0.29) is 0 Å². The Labute approximate surface area is 112 Å². The van der Waals surface area contributed by atoms with E-state index in [4.69, 9.17) is 5.73 Å². The van der Waals surface area contributed by atoms with Crippen LogP contribution in [0.4, 0.5) is 5.69 Å². The summed E-state index contributed by atoms with van der Waals surface area (Å²) in [5.74, 6) is 0. The van der Waals surface area contributed by atoms with E-state index in [9.17, 15) is 0 Å². The Morgan fingerprint density at radius 1 is 1.33 bits per heavy atom. The molecule has 0 fully saturated rings. The summed E-state index contributed by atoms with van der Waals surface area (Å²) < 4.78 is 1.83. The molecule has 0 aliphatic heterocycles. The van der Waals surface area contributed by atoms with E-state index < -0.39 is 0 Å². The first-order chi connectivity index (χ1) is 8.51. The summed E-state index contributed by atoms with van der Waals surface area (Å²) >= 11 is 1.57. The Kier molecular flexibility index (Phi) is 3.61. The minimum atomic E-state index is 0.769. The number of hydrogen-bond acceptors (Lipinski definition) is 4. The Morgan fingerprint density at radius 3 is 2.61 bits per heavy atom. The fourth-order valence-electron chi connectivity index (χ4n) is 1.92. The zero-order valence-electron chi connectivity index (χ0n) is 11.2. The van der Waals surface area contributed by atoms with E-state index in [0.717, 1.165) is 33.5 Å². The maximum Gasteiger partial charge on any atom is 0.123 e. The average Bonchev–Trinajstić information content (AvgIpc) is 2.55. The summed E-state index contributed by atoms with van der Waals surface area (Å²) in [4.78, 5) is 4.51.